The average molecular weight is 435 g/mol. The van der Waals surface area contributed by atoms with Crippen LogP contribution in [0.3, 0.4) is 0 Å². The summed E-state index contributed by atoms with van der Waals surface area (Å²) in [6.07, 6.45) is 9.56. The van der Waals surface area contributed by atoms with Crippen molar-refractivity contribution in [2.75, 3.05) is 14.1 Å². The second-order valence-electron chi connectivity index (χ2n) is 10.2. The van der Waals surface area contributed by atoms with Crippen molar-refractivity contribution in [3.05, 3.63) is 34.5 Å². The molecule has 0 spiro atoms. The summed E-state index contributed by atoms with van der Waals surface area (Å²) in [5.74, 6) is 3.25. The number of aryl methyl sites for hydroxylation is 2. The quantitative estimate of drug-likeness (QED) is 0.420. The third-order valence-corrected chi connectivity index (χ3v) is 8.16. The Morgan fingerprint density at radius 3 is 2.35 bits per heavy atom. The van der Waals surface area contributed by atoms with Crippen LogP contribution in [0.25, 0.3) is 0 Å². The van der Waals surface area contributed by atoms with Gasteiger partial charge in [0.2, 0.25) is 5.06 Å². The average Bonchev–Trinajstić information content (AvgIpc) is 3.12. The third-order valence-electron chi connectivity index (χ3n) is 7.44. The van der Waals surface area contributed by atoms with E-state index in [0.29, 0.717) is 10.6 Å². The van der Waals surface area contributed by atoms with E-state index < -0.39 is 0 Å². The molecule has 4 aliphatic carbocycles. The molecule has 0 unspecified atom stereocenters. The Morgan fingerprint density at radius 1 is 1.13 bits per heavy atom. The largest absolute Gasteiger partial charge is 0.443 e. The van der Waals surface area contributed by atoms with E-state index in [1.165, 1.54) is 50.1 Å². The van der Waals surface area contributed by atoms with Crippen LogP contribution in [0, 0.1) is 42.9 Å². The van der Waals surface area contributed by atoms with E-state index in [4.69, 9.17) is 9.11 Å². The molecule has 4 aliphatic rings. The van der Waals surface area contributed by atoms with Crippen molar-refractivity contribution < 1.29 is 4.74 Å². The normalized spacial score (nSPS) is 28.8. The van der Waals surface area contributed by atoms with E-state index in [1.807, 2.05) is 45.0 Å². The predicted octanol–water partition coefficient (Wildman–Crippen LogP) is 6.11. The van der Waals surface area contributed by atoms with Crippen molar-refractivity contribution in [3.8, 4) is 16.9 Å². The Bertz CT molecular complexity index is 1040. The summed E-state index contributed by atoms with van der Waals surface area (Å²) < 4.78 is 11.2. The Kier molecular flexibility index (Phi) is 5.05. The molecule has 2 aromatic rings. The standard InChI is InChI=1S/C25H30N4OS/c1-15-6-22(16(2)5-21(15)27-14-29(3)4)30-24-20(13-26)23(28-31-24)25-10-17-7-18(11-25)9-19(8-17)12-25/h5-6,14,17-19H,7-12H2,1-4H3. The number of hydrogen-bond acceptors (Lipinski definition) is 5. The zero-order chi connectivity index (χ0) is 21.8. The first kappa shape index (κ1) is 20.5. The highest BCUT2D eigenvalue weighted by atomic mass is 32.1. The number of aliphatic imine (C=N–C) groups is 1. The van der Waals surface area contributed by atoms with Crippen LogP contribution in [-0.4, -0.2) is 29.7 Å². The Hall–Kier alpha value is -2.39. The molecule has 1 aromatic carbocycles. The van der Waals surface area contributed by atoms with Gasteiger partial charge in [-0.2, -0.15) is 9.64 Å². The van der Waals surface area contributed by atoms with Crippen LogP contribution in [0.2, 0.25) is 0 Å². The van der Waals surface area contributed by atoms with Gasteiger partial charge in [0.1, 0.15) is 17.4 Å². The highest BCUT2D eigenvalue weighted by Gasteiger charge is 2.53. The topological polar surface area (TPSA) is 61.5 Å². The minimum absolute atomic E-state index is 0.105. The van der Waals surface area contributed by atoms with E-state index in [1.54, 1.807) is 6.34 Å². The van der Waals surface area contributed by atoms with Crippen molar-refractivity contribution >= 4 is 23.6 Å². The maximum atomic E-state index is 10.1. The first-order chi connectivity index (χ1) is 14.9. The van der Waals surface area contributed by atoms with Gasteiger partial charge in [0.25, 0.3) is 0 Å². The highest BCUT2D eigenvalue weighted by molar-refractivity contribution is 7.08. The van der Waals surface area contributed by atoms with Crippen molar-refractivity contribution in [2.45, 2.75) is 57.8 Å². The zero-order valence-electron chi connectivity index (χ0n) is 18.8. The van der Waals surface area contributed by atoms with Gasteiger partial charge in [-0.1, -0.05) is 0 Å². The van der Waals surface area contributed by atoms with Gasteiger partial charge in [-0.3, -0.25) is 0 Å². The second-order valence-corrected chi connectivity index (χ2v) is 11.0. The van der Waals surface area contributed by atoms with Crippen LogP contribution < -0.4 is 4.74 Å². The molecule has 1 heterocycles. The minimum atomic E-state index is 0.105. The number of ether oxygens (including phenoxy) is 1. The maximum absolute atomic E-state index is 10.1. The number of hydrogen-bond donors (Lipinski definition) is 0. The van der Waals surface area contributed by atoms with Gasteiger partial charge in [-0.05, 0) is 93.4 Å². The molecule has 5 nitrogen and oxygen atoms in total. The number of rotatable bonds is 5. The summed E-state index contributed by atoms with van der Waals surface area (Å²) in [5.41, 5.74) is 4.77. The summed E-state index contributed by atoms with van der Waals surface area (Å²) in [5, 5.41) is 10.7. The summed E-state index contributed by atoms with van der Waals surface area (Å²) >= 11 is 1.35. The molecule has 0 radical (unpaired) electrons. The van der Waals surface area contributed by atoms with E-state index in [0.717, 1.165) is 46.0 Å². The Morgan fingerprint density at radius 2 is 1.77 bits per heavy atom. The van der Waals surface area contributed by atoms with E-state index in [-0.39, 0.29) is 5.41 Å². The van der Waals surface area contributed by atoms with Crippen molar-refractivity contribution in [1.82, 2.24) is 9.27 Å². The van der Waals surface area contributed by atoms with Gasteiger partial charge in [-0.15, -0.1) is 0 Å². The molecule has 0 saturated heterocycles. The summed E-state index contributed by atoms with van der Waals surface area (Å²) in [4.78, 5) is 6.46. The molecule has 4 saturated carbocycles. The van der Waals surface area contributed by atoms with Crippen LogP contribution in [-0.2, 0) is 5.41 Å². The predicted molar refractivity (Wildman–Crippen MR) is 125 cm³/mol. The molecule has 6 heteroatoms. The summed E-state index contributed by atoms with van der Waals surface area (Å²) in [7, 11) is 3.91. The lowest BCUT2D eigenvalue weighted by atomic mass is 9.48. The first-order valence-corrected chi connectivity index (χ1v) is 12.0. The van der Waals surface area contributed by atoms with Gasteiger partial charge < -0.3 is 9.64 Å². The van der Waals surface area contributed by atoms with Gasteiger partial charge in [-0.25, -0.2) is 4.99 Å². The highest BCUT2D eigenvalue weighted by Crippen LogP contribution is 2.61. The molecule has 31 heavy (non-hydrogen) atoms. The lowest BCUT2D eigenvalue weighted by Crippen LogP contribution is -2.49. The Labute approximate surface area is 188 Å². The van der Waals surface area contributed by atoms with E-state index >= 15 is 0 Å². The second kappa shape index (κ2) is 7.63. The molecule has 162 valence electrons. The molecule has 0 N–H and O–H groups in total. The van der Waals surface area contributed by atoms with Crippen molar-refractivity contribution in [1.29, 1.82) is 5.26 Å². The maximum Gasteiger partial charge on any atom is 0.218 e. The van der Waals surface area contributed by atoms with E-state index in [2.05, 4.69) is 11.1 Å². The number of benzene rings is 1. The monoisotopic (exact) mass is 434 g/mol. The van der Waals surface area contributed by atoms with Crippen molar-refractivity contribution in [3.63, 3.8) is 0 Å². The fourth-order valence-corrected chi connectivity index (χ4v) is 7.33. The molecule has 0 atom stereocenters. The lowest BCUT2D eigenvalue weighted by Gasteiger charge is -2.56. The third kappa shape index (κ3) is 3.63. The fourth-order valence-electron chi connectivity index (χ4n) is 6.51. The number of nitrogens with zero attached hydrogens (tertiary/aromatic N) is 4. The number of nitriles is 1. The molecular weight excluding hydrogens is 404 g/mol. The summed E-state index contributed by atoms with van der Waals surface area (Å²) in [6, 6.07) is 6.52. The Balaban J connectivity index is 1.45. The van der Waals surface area contributed by atoms with Gasteiger partial charge in [0.05, 0.1) is 17.7 Å². The van der Waals surface area contributed by atoms with Crippen molar-refractivity contribution in [2.24, 2.45) is 22.7 Å². The zero-order valence-corrected chi connectivity index (χ0v) is 19.6. The smallest absolute Gasteiger partial charge is 0.218 e. The molecule has 0 amide bonds. The van der Waals surface area contributed by atoms with Crippen LogP contribution in [0.1, 0.15) is 60.9 Å². The minimum Gasteiger partial charge on any atom is -0.443 e. The van der Waals surface area contributed by atoms with Gasteiger partial charge in [0.15, 0.2) is 0 Å². The van der Waals surface area contributed by atoms with Crippen LogP contribution >= 0.6 is 11.5 Å². The summed E-state index contributed by atoms with van der Waals surface area (Å²) in [6.45, 7) is 4.06. The molecular formula is C25H30N4OS. The van der Waals surface area contributed by atoms with Gasteiger partial charge >= 0.3 is 0 Å². The lowest BCUT2D eigenvalue weighted by molar-refractivity contribution is -0.00693. The number of aromatic nitrogens is 1. The van der Waals surface area contributed by atoms with Gasteiger partial charge in [0, 0.05) is 31.0 Å². The molecule has 1 aromatic heterocycles. The first-order valence-electron chi connectivity index (χ1n) is 11.3. The molecule has 0 aliphatic heterocycles. The van der Waals surface area contributed by atoms with Crippen LogP contribution in [0.4, 0.5) is 5.69 Å². The molecule has 6 rings (SSSR count). The SMILES string of the molecule is Cc1cc(Oc2snc(C34CC5CC(CC(C5)C3)C4)c2C#N)c(C)cc1N=CN(C)C. The van der Waals surface area contributed by atoms with Crippen LogP contribution in [0.5, 0.6) is 10.8 Å². The molecule has 4 bridgehead atoms. The fraction of sp³-hybridized carbons (Fsp3) is 0.560. The van der Waals surface area contributed by atoms with Crippen LogP contribution in [0.15, 0.2) is 17.1 Å². The molecule has 4 fully saturated rings. The van der Waals surface area contributed by atoms with E-state index in [9.17, 15) is 5.26 Å².